The van der Waals surface area contributed by atoms with Crippen LogP contribution in [0.2, 0.25) is 0 Å². The maximum atomic E-state index is 5.40. The lowest BCUT2D eigenvalue weighted by molar-refractivity contribution is 0.0446. The smallest absolute Gasteiger partial charge is 0.0483 e. The number of benzene rings is 1. The normalized spacial score (nSPS) is 19.6. The number of aryl methyl sites for hydroxylation is 1. The number of nitrogens with one attached hydrogen (secondary N) is 1. The van der Waals surface area contributed by atoms with Gasteiger partial charge in [-0.2, -0.15) is 0 Å². The highest BCUT2D eigenvalue weighted by Gasteiger charge is 2.26. The van der Waals surface area contributed by atoms with Gasteiger partial charge >= 0.3 is 0 Å². The van der Waals surface area contributed by atoms with E-state index >= 15 is 0 Å². The zero-order valence-corrected chi connectivity index (χ0v) is 10.3. The predicted molar refractivity (Wildman–Crippen MR) is 66.5 cm³/mol. The molecular weight excluding hydrogens is 198 g/mol. The van der Waals surface area contributed by atoms with Gasteiger partial charge in [-0.15, -0.1) is 0 Å². The molecule has 0 spiro atoms. The van der Waals surface area contributed by atoms with E-state index in [0.717, 1.165) is 32.6 Å². The van der Waals surface area contributed by atoms with Crippen molar-refractivity contribution in [1.29, 1.82) is 0 Å². The maximum Gasteiger partial charge on any atom is 0.0483 e. The van der Waals surface area contributed by atoms with Gasteiger partial charge in [0, 0.05) is 25.3 Å². The van der Waals surface area contributed by atoms with Crippen molar-refractivity contribution in [3.8, 4) is 0 Å². The Morgan fingerprint density at radius 2 is 1.94 bits per heavy atom. The summed E-state index contributed by atoms with van der Waals surface area (Å²) in [4.78, 5) is 0. The molecule has 2 heteroatoms. The van der Waals surface area contributed by atoms with Gasteiger partial charge in [-0.25, -0.2) is 0 Å². The second-order valence-electron chi connectivity index (χ2n) is 4.95. The summed E-state index contributed by atoms with van der Waals surface area (Å²) in [5.41, 5.74) is 3.02. The Labute approximate surface area is 98.0 Å². The predicted octanol–water partition coefficient (Wildman–Crippen LogP) is 2.65. The zero-order valence-electron chi connectivity index (χ0n) is 10.3. The molecule has 0 bridgehead atoms. The van der Waals surface area contributed by atoms with E-state index in [2.05, 4.69) is 43.4 Å². The molecule has 1 fully saturated rings. The van der Waals surface area contributed by atoms with E-state index in [1.165, 1.54) is 11.1 Å². The summed E-state index contributed by atoms with van der Waals surface area (Å²) < 4.78 is 5.40. The van der Waals surface area contributed by atoms with Crippen LogP contribution in [0.1, 0.15) is 30.9 Å². The van der Waals surface area contributed by atoms with Crippen LogP contribution < -0.4 is 5.32 Å². The van der Waals surface area contributed by atoms with Crippen molar-refractivity contribution in [1.82, 2.24) is 5.32 Å². The average Bonchev–Trinajstić information content (AvgIpc) is 2.29. The summed E-state index contributed by atoms with van der Waals surface area (Å²) in [6.45, 7) is 7.20. The van der Waals surface area contributed by atoms with Gasteiger partial charge in [-0.3, -0.25) is 0 Å². The Hall–Kier alpha value is -0.860. The SMILES string of the molecule is Cc1ccccc1CNC1(C)CCOCC1. The summed E-state index contributed by atoms with van der Waals surface area (Å²) in [5, 5.41) is 3.68. The third-order valence-electron chi connectivity index (χ3n) is 3.56. The average molecular weight is 219 g/mol. The van der Waals surface area contributed by atoms with Crippen LogP contribution in [0.15, 0.2) is 24.3 Å². The van der Waals surface area contributed by atoms with Crippen molar-refractivity contribution in [2.75, 3.05) is 13.2 Å². The van der Waals surface area contributed by atoms with Crippen LogP contribution in [0, 0.1) is 6.92 Å². The van der Waals surface area contributed by atoms with Gasteiger partial charge in [0.2, 0.25) is 0 Å². The number of rotatable bonds is 3. The van der Waals surface area contributed by atoms with E-state index in [4.69, 9.17) is 4.74 Å². The topological polar surface area (TPSA) is 21.3 Å². The van der Waals surface area contributed by atoms with Crippen molar-refractivity contribution in [3.05, 3.63) is 35.4 Å². The molecule has 1 saturated heterocycles. The molecule has 1 aromatic carbocycles. The summed E-state index contributed by atoms with van der Waals surface area (Å²) in [5.74, 6) is 0. The zero-order chi connectivity index (χ0) is 11.4. The summed E-state index contributed by atoms with van der Waals surface area (Å²) in [6.07, 6.45) is 2.22. The van der Waals surface area contributed by atoms with Crippen molar-refractivity contribution in [3.63, 3.8) is 0 Å². The van der Waals surface area contributed by atoms with Crippen LogP contribution in [0.4, 0.5) is 0 Å². The molecule has 16 heavy (non-hydrogen) atoms. The molecule has 0 aliphatic carbocycles. The molecule has 88 valence electrons. The van der Waals surface area contributed by atoms with Gasteiger partial charge in [0.25, 0.3) is 0 Å². The Kier molecular flexibility index (Phi) is 3.62. The number of hydrogen-bond donors (Lipinski definition) is 1. The van der Waals surface area contributed by atoms with Gasteiger partial charge in [-0.05, 0) is 37.8 Å². The summed E-state index contributed by atoms with van der Waals surface area (Å²) >= 11 is 0. The van der Waals surface area contributed by atoms with Crippen molar-refractivity contribution in [2.24, 2.45) is 0 Å². The highest BCUT2D eigenvalue weighted by atomic mass is 16.5. The fraction of sp³-hybridized carbons (Fsp3) is 0.571. The third kappa shape index (κ3) is 2.83. The van der Waals surface area contributed by atoms with E-state index in [0.29, 0.717) is 0 Å². The molecule has 1 N–H and O–H groups in total. The minimum Gasteiger partial charge on any atom is -0.381 e. The first-order valence-electron chi connectivity index (χ1n) is 6.07. The largest absolute Gasteiger partial charge is 0.381 e. The molecule has 2 rings (SSSR count). The molecule has 0 unspecified atom stereocenters. The lowest BCUT2D eigenvalue weighted by atomic mass is 9.92. The first-order chi connectivity index (χ1) is 7.70. The Balaban J connectivity index is 1.94. The van der Waals surface area contributed by atoms with Crippen LogP contribution >= 0.6 is 0 Å². The monoisotopic (exact) mass is 219 g/mol. The molecule has 0 atom stereocenters. The Bertz CT molecular complexity index is 342. The highest BCUT2D eigenvalue weighted by Crippen LogP contribution is 2.20. The quantitative estimate of drug-likeness (QED) is 0.844. The fourth-order valence-corrected chi connectivity index (χ4v) is 2.12. The number of hydrogen-bond acceptors (Lipinski definition) is 2. The van der Waals surface area contributed by atoms with Crippen molar-refractivity contribution < 1.29 is 4.74 Å². The van der Waals surface area contributed by atoms with Gasteiger partial charge in [0.05, 0.1) is 0 Å². The summed E-state index contributed by atoms with van der Waals surface area (Å²) in [6, 6.07) is 8.57. The minimum atomic E-state index is 0.251. The van der Waals surface area contributed by atoms with Crippen LogP contribution in [0.25, 0.3) is 0 Å². The molecule has 0 aromatic heterocycles. The second-order valence-corrected chi connectivity index (χ2v) is 4.95. The van der Waals surface area contributed by atoms with Crippen LogP contribution in [-0.4, -0.2) is 18.8 Å². The van der Waals surface area contributed by atoms with Crippen LogP contribution in [0.5, 0.6) is 0 Å². The van der Waals surface area contributed by atoms with Gasteiger partial charge in [0.15, 0.2) is 0 Å². The lowest BCUT2D eigenvalue weighted by Crippen LogP contribution is -2.46. The Morgan fingerprint density at radius 3 is 2.62 bits per heavy atom. The third-order valence-corrected chi connectivity index (χ3v) is 3.56. The molecule has 1 heterocycles. The van der Waals surface area contributed by atoms with Crippen LogP contribution in [-0.2, 0) is 11.3 Å². The highest BCUT2D eigenvalue weighted by molar-refractivity contribution is 5.25. The molecule has 1 aromatic rings. The van der Waals surface area contributed by atoms with E-state index in [-0.39, 0.29) is 5.54 Å². The Morgan fingerprint density at radius 1 is 1.25 bits per heavy atom. The molecule has 0 amide bonds. The van der Waals surface area contributed by atoms with Gasteiger partial charge in [0.1, 0.15) is 0 Å². The lowest BCUT2D eigenvalue weighted by Gasteiger charge is -2.34. The fourth-order valence-electron chi connectivity index (χ4n) is 2.12. The summed E-state index contributed by atoms with van der Waals surface area (Å²) in [7, 11) is 0. The van der Waals surface area contributed by atoms with E-state index in [1.54, 1.807) is 0 Å². The van der Waals surface area contributed by atoms with Crippen LogP contribution in [0.3, 0.4) is 0 Å². The van der Waals surface area contributed by atoms with E-state index in [1.807, 2.05) is 0 Å². The molecular formula is C14H21NO. The van der Waals surface area contributed by atoms with Gasteiger partial charge < -0.3 is 10.1 Å². The first-order valence-corrected chi connectivity index (χ1v) is 6.07. The van der Waals surface area contributed by atoms with E-state index in [9.17, 15) is 0 Å². The first kappa shape index (κ1) is 11.6. The molecule has 1 aliphatic rings. The van der Waals surface area contributed by atoms with E-state index < -0.39 is 0 Å². The van der Waals surface area contributed by atoms with Gasteiger partial charge in [-0.1, -0.05) is 24.3 Å². The molecule has 0 saturated carbocycles. The standard InChI is InChI=1S/C14H21NO/c1-12-5-3-4-6-13(12)11-15-14(2)7-9-16-10-8-14/h3-6,15H,7-11H2,1-2H3. The molecule has 2 nitrogen and oxygen atoms in total. The number of ether oxygens (including phenoxy) is 1. The van der Waals surface area contributed by atoms with Crippen molar-refractivity contribution >= 4 is 0 Å². The minimum absolute atomic E-state index is 0.251. The second kappa shape index (κ2) is 4.98. The van der Waals surface area contributed by atoms with Crippen molar-refractivity contribution in [2.45, 2.75) is 38.8 Å². The maximum absolute atomic E-state index is 5.40. The molecule has 0 radical (unpaired) electrons. The molecule has 1 aliphatic heterocycles.